The van der Waals surface area contributed by atoms with Crippen molar-refractivity contribution < 1.29 is 28.6 Å². The number of ether oxygens (including phenoxy) is 1. The molecule has 9 nitrogen and oxygen atoms in total. The van der Waals surface area contributed by atoms with E-state index in [1.165, 1.54) is 18.3 Å². The maximum absolute atomic E-state index is 12.7. The maximum atomic E-state index is 12.7. The first-order chi connectivity index (χ1) is 17.2. The lowest BCUT2D eigenvalue weighted by Crippen LogP contribution is -2.47. The Morgan fingerprint density at radius 2 is 1.78 bits per heavy atom. The number of para-hydroxylation sites is 1. The lowest BCUT2D eigenvalue weighted by molar-refractivity contribution is -0.130. The predicted octanol–water partition coefficient (Wildman–Crippen LogP) is 4.01. The van der Waals surface area contributed by atoms with Crippen molar-refractivity contribution in [1.82, 2.24) is 10.7 Å². The summed E-state index contributed by atoms with van der Waals surface area (Å²) in [5.41, 5.74) is 4.24. The minimum absolute atomic E-state index is 0.155. The fourth-order valence-electron chi connectivity index (χ4n) is 3.39. The molecule has 0 aliphatic heterocycles. The second-order valence-electron chi connectivity index (χ2n) is 8.62. The molecule has 2 aromatic carbocycles. The number of nitrogens with zero attached hydrogens (tertiary/aromatic N) is 1. The van der Waals surface area contributed by atoms with Crippen LogP contribution >= 0.6 is 0 Å². The molecule has 2 amide bonds. The lowest BCUT2D eigenvalue weighted by atomic mass is 10.0. The van der Waals surface area contributed by atoms with Gasteiger partial charge in [-0.3, -0.25) is 9.59 Å². The molecule has 0 aliphatic rings. The highest BCUT2D eigenvalue weighted by Crippen LogP contribution is 2.22. The summed E-state index contributed by atoms with van der Waals surface area (Å²) in [7, 11) is 0. The van der Waals surface area contributed by atoms with Crippen LogP contribution < -0.4 is 15.5 Å². The highest BCUT2D eigenvalue weighted by molar-refractivity contribution is 5.89. The zero-order valence-electron chi connectivity index (χ0n) is 20.4. The minimum atomic E-state index is -1.00. The number of hydrogen-bond acceptors (Lipinski definition) is 6. The summed E-state index contributed by atoms with van der Waals surface area (Å²) in [5, 5.41) is 15.7. The van der Waals surface area contributed by atoms with E-state index in [0.29, 0.717) is 29.3 Å². The molecule has 0 radical (unpaired) electrons. The monoisotopic (exact) mass is 491 g/mol. The molecule has 1 atom stereocenters. The van der Waals surface area contributed by atoms with Gasteiger partial charge in [0, 0.05) is 5.56 Å². The Hall–Kier alpha value is -4.40. The molecule has 0 fully saturated rings. The molecule has 1 aromatic heterocycles. The molecule has 1 heterocycles. The first-order valence-corrected chi connectivity index (χ1v) is 11.5. The molecule has 188 valence electrons. The summed E-state index contributed by atoms with van der Waals surface area (Å²) in [6.45, 7) is 5.58. The number of aryl methyl sites for hydroxylation is 1. The van der Waals surface area contributed by atoms with Gasteiger partial charge >= 0.3 is 5.97 Å². The van der Waals surface area contributed by atoms with Crippen LogP contribution in [0.25, 0.3) is 11.3 Å². The number of carboxylic acid groups (broad SMARTS) is 1. The zero-order valence-corrected chi connectivity index (χ0v) is 20.4. The summed E-state index contributed by atoms with van der Waals surface area (Å²) in [4.78, 5) is 36.1. The molecule has 0 saturated carbocycles. The molecule has 36 heavy (non-hydrogen) atoms. The van der Waals surface area contributed by atoms with Crippen molar-refractivity contribution in [3.63, 3.8) is 0 Å². The van der Waals surface area contributed by atoms with Crippen LogP contribution in [0.5, 0.6) is 5.75 Å². The number of aromatic carboxylic acids is 1. The largest absolute Gasteiger partial charge is 0.484 e. The van der Waals surface area contributed by atoms with E-state index in [1.807, 2.05) is 39.0 Å². The van der Waals surface area contributed by atoms with Gasteiger partial charge in [-0.25, -0.2) is 10.2 Å². The van der Waals surface area contributed by atoms with Crippen molar-refractivity contribution in [2.24, 2.45) is 11.0 Å². The fraction of sp³-hybridized carbons (Fsp3) is 0.259. The van der Waals surface area contributed by atoms with Crippen molar-refractivity contribution in [1.29, 1.82) is 0 Å². The molecule has 0 saturated heterocycles. The van der Waals surface area contributed by atoms with Gasteiger partial charge in [-0.15, -0.1) is 0 Å². The Morgan fingerprint density at radius 1 is 1.06 bits per heavy atom. The van der Waals surface area contributed by atoms with E-state index in [2.05, 4.69) is 15.8 Å². The third-order valence-electron chi connectivity index (χ3n) is 5.22. The van der Waals surface area contributed by atoms with Crippen molar-refractivity contribution in [2.45, 2.75) is 33.2 Å². The smallest absolute Gasteiger partial charge is 0.335 e. The van der Waals surface area contributed by atoms with Crippen LogP contribution in [0.1, 0.15) is 41.9 Å². The van der Waals surface area contributed by atoms with E-state index in [1.54, 1.807) is 30.3 Å². The van der Waals surface area contributed by atoms with E-state index in [9.17, 15) is 14.4 Å². The van der Waals surface area contributed by atoms with E-state index < -0.39 is 23.8 Å². The third kappa shape index (κ3) is 7.56. The van der Waals surface area contributed by atoms with Crippen LogP contribution in [0, 0.1) is 12.8 Å². The summed E-state index contributed by atoms with van der Waals surface area (Å²) >= 11 is 0. The number of carboxylic acids is 1. The standard InChI is InChI=1S/C27H29N3O6/c1-17(2)14-22(29-25(31)16-35-23-7-5-4-6-18(23)3)26(32)30-28-15-21-12-13-24(36-21)19-8-10-20(11-9-19)27(33)34/h4-13,15,17,22H,14,16H2,1-3H3,(H,29,31)(H,30,32)(H,33,34)/b28-15-/t22-/m1/s1. The van der Waals surface area contributed by atoms with Gasteiger partial charge in [0.25, 0.3) is 11.8 Å². The van der Waals surface area contributed by atoms with Crippen LogP contribution in [0.2, 0.25) is 0 Å². The molecule has 3 rings (SSSR count). The summed E-state index contributed by atoms with van der Waals surface area (Å²) in [6.07, 6.45) is 1.78. The molecule has 9 heteroatoms. The number of benzene rings is 2. The van der Waals surface area contributed by atoms with Crippen LogP contribution in [-0.2, 0) is 9.59 Å². The number of rotatable bonds is 11. The van der Waals surface area contributed by atoms with E-state index in [4.69, 9.17) is 14.3 Å². The predicted molar refractivity (Wildman–Crippen MR) is 135 cm³/mol. The molecule has 0 unspecified atom stereocenters. The van der Waals surface area contributed by atoms with Crippen LogP contribution in [-0.4, -0.2) is 41.8 Å². The second-order valence-corrected chi connectivity index (χ2v) is 8.62. The number of carbonyl (C=O) groups excluding carboxylic acids is 2. The number of hydrogen-bond donors (Lipinski definition) is 3. The van der Waals surface area contributed by atoms with Gasteiger partial charge in [0.2, 0.25) is 0 Å². The molecule has 3 N–H and O–H groups in total. The molecule has 0 aliphatic carbocycles. The zero-order chi connectivity index (χ0) is 26.1. The number of furan rings is 1. The van der Waals surface area contributed by atoms with E-state index in [-0.39, 0.29) is 18.1 Å². The van der Waals surface area contributed by atoms with Crippen LogP contribution in [0.15, 0.2) is 70.2 Å². The Kier molecular flexibility index (Phi) is 8.99. The molecular formula is C27H29N3O6. The van der Waals surface area contributed by atoms with Crippen molar-refractivity contribution in [3.8, 4) is 17.1 Å². The fourth-order valence-corrected chi connectivity index (χ4v) is 3.39. The number of nitrogens with one attached hydrogen (secondary N) is 2. The van der Waals surface area contributed by atoms with Gasteiger partial charge in [-0.2, -0.15) is 5.10 Å². The third-order valence-corrected chi connectivity index (χ3v) is 5.22. The van der Waals surface area contributed by atoms with Crippen LogP contribution in [0.3, 0.4) is 0 Å². The van der Waals surface area contributed by atoms with Gasteiger partial charge in [0.05, 0.1) is 11.8 Å². The first-order valence-electron chi connectivity index (χ1n) is 11.5. The van der Waals surface area contributed by atoms with E-state index in [0.717, 1.165) is 5.56 Å². The maximum Gasteiger partial charge on any atom is 0.335 e. The normalized spacial score (nSPS) is 11.9. The van der Waals surface area contributed by atoms with Gasteiger partial charge < -0.3 is 19.6 Å². The molecule has 0 spiro atoms. The Morgan fingerprint density at radius 3 is 2.44 bits per heavy atom. The van der Waals surface area contributed by atoms with Gasteiger partial charge in [-0.1, -0.05) is 44.2 Å². The van der Waals surface area contributed by atoms with E-state index >= 15 is 0 Å². The minimum Gasteiger partial charge on any atom is -0.484 e. The molecular weight excluding hydrogens is 462 g/mol. The summed E-state index contributed by atoms with van der Waals surface area (Å²) < 4.78 is 11.3. The number of amides is 2. The number of carbonyl (C=O) groups is 3. The second kappa shape index (κ2) is 12.3. The SMILES string of the molecule is Cc1ccccc1OCC(=O)N[C@H](CC(C)C)C(=O)N/N=C\c1ccc(-c2ccc(C(=O)O)cc2)o1. The van der Waals surface area contributed by atoms with Crippen molar-refractivity contribution in [2.75, 3.05) is 6.61 Å². The highest BCUT2D eigenvalue weighted by Gasteiger charge is 2.22. The average Bonchev–Trinajstić information content (AvgIpc) is 3.32. The highest BCUT2D eigenvalue weighted by atomic mass is 16.5. The van der Waals surface area contributed by atoms with Crippen molar-refractivity contribution >= 4 is 24.0 Å². The Balaban J connectivity index is 1.56. The molecule has 3 aromatic rings. The summed E-state index contributed by atoms with van der Waals surface area (Å²) in [5.74, 6) is -0.189. The molecule has 0 bridgehead atoms. The van der Waals surface area contributed by atoms with Crippen molar-refractivity contribution in [3.05, 3.63) is 77.6 Å². The lowest BCUT2D eigenvalue weighted by Gasteiger charge is -2.19. The Labute approximate surface area is 209 Å². The first kappa shape index (κ1) is 26.2. The van der Waals surface area contributed by atoms with Gasteiger partial charge in [0.1, 0.15) is 23.3 Å². The summed E-state index contributed by atoms with van der Waals surface area (Å²) in [6, 6.07) is 16.2. The topological polar surface area (TPSA) is 130 Å². The Bertz CT molecular complexity index is 1230. The quantitative estimate of drug-likeness (QED) is 0.274. The average molecular weight is 492 g/mol. The van der Waals surface area contributed by atoms with Gasteiger partial charge in [0.15, 0.2) is 6.61 Å². The van der Waals surface area contributed by atoms with Gasteiger partial charge in [-0.05, 0) is 55.2 Å². The van der Waals surface area contributed by atoms with Crippen LogP contribution in [0.4, 0.5) is 0 Å². The number of hydrazone groups is 1.